The predicted octanol–water partition coefficient (Wildman–Crippen LogP) is 4.32. The molecule has 1 atom stereocenters. The molecule has 0 bridgehead atoms. The van der Waals surface area contributed by atoms with Crippen molar-refractivity contribution in [2.45, 2.75) is 51.1 Å². The number of sulfonamides is 1. The van der Waals surface area contributed by atoms with Gasteiger partial charge in [-0.3, -0.25) is 13.9 Å². The topological polar surface area (TPSA) is 86.8 Å². The summed E-state index contributed by atoms with van der Waals surface area (Å²) in [4.78, 5) is 28.0. The molecule has 1 heterocycles. The number of anilines is 1. The molecule has 3 aromatic carbocycles. The molecule has 190 valence electrons. The van der Waals surface area contributed by atoms with E-state index in [1.54, 1.807) is 30.0 Å². The maximum Gasteiger partial charge on any atom is 0.265 e. The number of hydrogen-bond acceptors (Lipinski definition) is 4. The third-order valence-electron chi connectivity index (χ3n) is 6.48. The Morgan fingerprint density at radius 3 is 2.33 bits per heavy atom. The summed E-state index contributed by atoms with van der Waals surface area (Å²) in [6, 6.07) is 19.7. The van der Waals surface area contributed by atoms with Crippen molar-refractivity contribution in [3.05, 3.63) is 72.3 Å². The Morgan fingerprint density at radius 2 is 1.64 bits per heavy atom. The lowest BCUT2D eigenvalue weighted by Crippen LogP contribution is -2.48. The minimum atomic E-state index is -3.67. The molecule has 1 aliphatic heterocycles. The zero-order valence-electron chi connectivity index (χ0n) is 21.0. The molecule has 0 aliphatic carbocycles. The van der Waals surface area contributed by atoms with Crippen LogP contribution < -0.4 is 9.62 Å². The summed E-state index contributed by atoms with van der Waals surface area (Å²) in [5, 5.41) is 4.52. The van der Waals surface area contributed by atoms with Gasteiger partial charge < -0.3 is 10.2 Å². The summed E-state index contributed by atoms with van der Waals surface area (Å²) < 4.78 is 27.8. The van der Waals surface area contributed by atoms with Crippen molar-refractivity contribution < 1.29 is 18.0 Å². The average Bonchev–Trinajstić information content (AvgIpc) is 3.09. The second-order valence-corrected chi connectivity index (χ2v) is 11.5. The van der Waals surface area contributed by atoms with E-state index in [1.807, 2.05) is 62.4 Å². The van der Waals surface area contributed by atoms with Crippen LogP contribution in [-0.2, 0) is 26.2 Å². The van der Waals surface area contributed by atoms with Crippen molar-refractivity contribution in [2.24, 2.45) is 5.92 Å². The number of carbonyl (C=O) groups excluding carboxylic acids is 2. The van der Waals surface area contributed by atoms with Crippen molar-refractivity contribution in [1.82, 2.24) is 10.2 Å². The van der Waals surface area contributed by atoms with Crippen LogP contribution in [0.5, 0.6) is 0 Å². The zero-order valence-corrected chi connectivity index (χ0v) is 21.8. The smallest absolute Gasteiger partial charge is 0.265 e. The highest BCUT2D eigenvalue weighted by atomic mass is 32.2. The van der Waals surface area contributed by atoms with Gasteiger partial charge in [-0.25, -0.2) is 8.42 Å². The van der Waals surface area contributed by atoms with E-state index in [4.69, 9.17) is 0 Å². The molecule has 1 aliphatic rings. The molecule has 0 fully saturated rings. The Bertz CT molecular complexity index is 1350. The summed E-state index contributed by atoms with van der Waals surface area (Å²) in [6.07, 6.45) is 0.473. The van der Waals surface area contributed by atoms with Gasteiger partial charge in [0.2, 0.25) is 11.8 Å². The third-order valence-corrected chi connectivity index (χ3v) is 8.34. The molecule has 0 aromatic heterocycles. The highest BCUT2D eigenvalue weighted by molar-refractivity contribution is 7.93. The first-order chi connectivity index (χ1) is 17.2. The first kappa shape index (κ1) is 25.7. The van der Waals surface area contributed by atoms with E-state index in [0.717, 1.165) is 16.3 Å². The number of rotatable bonds is 10. The summed E-state index contributed by atoms with van der Waals surface area (Å²) in [5.74, 6) is -0.0778. The summed E-state index contributed by atoms with van der Waals surface area (Å²) in [7, 11) is -3.67. The van der Waals surface area contributed by atoms with E-state index in [0.29, 0.717) is 36.0 Å². The fourth-order valence-electron chi connectivity index (χ4n) is 4.53. The molecule has 7 nitrogen and oxygen atoms in total. The molecule has 4 rings (SSSR count). The van der Waals surface area contributed by atoms with Gasteiger partial charge in [0.05, 0.1) is 10.6 Å². The molecule has 2 amide bonds. The van der Waals surface area contributed by atoms with Crippen molar-refractivity contribution in [1.29, 1.82) is 0 Å². The van der Waals surface area contributed by atoms with Gasteiger partial charge in [0.1, 0.15) is 6.04 Å². The minimum Gasteiger partial charge on any atom is -0.354 e. The molecule has 0 saturated carbocycles. The van der Waals surface area contributed by atoms with E-state index in [-0.39, 0.29) is 24.8 Å². The van der Waals surface area contributed by atoms with E-state index in [9.17, 15) is 18.0 Å². The Balaban J connectivity index is 1.47. The van der Waals surface area contributed by atoms with Gasteiger partial charge >= 0.3 is 0 Å². The van der Waals surface area contributed by atoms with Crippen molar-refractivity contribution in [3.63, 3.8) is 0 Å². The van der Waals surface area contributed by atoms with Crippen LogP contribution in [0.2, 0.25) is 0 Å². The molecular weight excluding hydrogens is 474 g/mol. The molecule has 3 aromatic rings. The molecule has 1 unspecified atom stereocenters. The van der Waals surface area contributed by atoms with Gasteiger partial charge in [0.25, 0.3) is 10.0 Å². The van der Waals surface area contributed by atoms with Gasteiger partial charge in [-0.05, 0) is 42.3 Å². The van der Waals surface area contributed by atoms with Gasteiger partial charge in [-0.15, -0.1) is 0 Å². The molecule has 0 saturated heterocycles. The second kappa shape index (κ2) is 10.7. The Morgan fingerprint density at radius 1 is 0.944 bits per heavy atom. The highest BCUT2D eigenvalue weighted by Crippen LogP contribution is 2.42. The van der Waals surface area contributed by atoms with E-state index in [1.165, 1.54) is 4.31 Å². The fourth-order valence-corrected chi connectivity index (χ4v) is 6.28. The standard InChI is InChI=1S/C28H33N3O4S/c1-20(2)18-29-28(33)21(3)30(19-22-10-5-4-6-11-22)26(32)16-9-17-31-24-14-7-12-23-13-8-15-25(27(23)24)36(31,34)35/h4-8,10-15,20-21H,9,16-19H2,1-3H3,(H,29,33). The second-order valence-electron chi connectivity index (χ2n) is 9.63. The quantitative estimate of drug-likeness (QED) is 0.443. The first-order valence-electron chi connectivity index (χ1n) is 12.4. The minimum absolute atomic E-state index is 0.132. The van der Waals surface area contributed by atoms with Crippen LogP contribution >= 0.6 is 0 Å². The van der Waals surface area contributed by atoms with Crippen molar-refractivity contribution in [2.75, 3.05) is 17.4 Å². The number of carbonyl (C=O) groups is 2. The lowest BCUT2D eigenvalue weighted by molar-refractivity contribution is -0.140. The van der Waals surface area contributed by atoms with Crippen LogP contribution in [0, 0.1) is 5.92 Å². The van der Waals surface area contributed by atoms with Crippen LogP contribution in [0.3, 0.4) is 0 Å². The predicted molar refractivity (Wildman–Crippen MR) is 142 cm³/mol. The molecular formula is C28H33N3O4S. The van der Waals surface area contributed by atoms with Crippen LogP contribution in [0.15, 0.2) is 71.6 Å². The Labute approximate surface area is 213 Å². The monoisotopic (exact) mass is 507 g/mol. The zero-order chi connectivity index (χ0) is 25.9. The van der Waals surface area contributed by atoms with Gasteiger partial charge in [0, 0.05) is 31.4 Å². The molecule has 0 spiro atoms. The Hall–Kier alpha value is -3.39. The Kier molecular flexibility index (Phi) is 7.64. The lowest BCUT2D eigenvalue weighted by atomic mass is 10.1. The van der Waals surface area contributed by atoms with Crippen molar-refractivity contribution in [3.8, 4) is 0 Å². The summed E-state index contributed by atoms with van der Waals surface area (Å²) >= 11 is 0. The normalized spacial score (nSPS) is 14.7. The van der Waals surface area contributed by atoms with Crippen LogP contribution in [0.4, 0.5) is 5.69 Å². The number of hydrogen-bond donors (Lipinski definition) is 1. The highest BCUT2D eigenvalue weighted by Gasteiger charge is 2.35. The third kappa shape index (κ3) is 5.23. The fraction of sp³-hybridized carbons (Fsp3) is 0.357. The van der Waals surface area contributed by atoms with Gasteiger partial charge in [-0.2, -0.15) is 0 Å². The van der Waals surface area contributed by atoms with Crippen molar-refractivity contribution >= 4 is 38.3 Å². The lowest BCUT2D eigenvalue weighted by Gasteiger charge is -2.29. The average molecular weight is 508 g/mol. The largest absolute Gasteiger partial charge is 0.354 e. The van der Waals surface area contributed by atoms with Gasteiger partial charge in [-0.1, -0.05) is 68.4 Å². The maximum atomic E-state index is 13.4. The number of nitrogens with one attached hydrogen (secondary N) is 1. The molecule has 1 N–H and O–H groups in total. The SMILES string of the molecule is CC(C)CNC(=O)C(C)N(Cc1ccccc1)C(=O)CCCN1c2cccc3cccc(c23)S1(=O)=O. The molecule has 8 heteroatoms. The summed E-state index contributed by atoms with van der Waals surface area (Å²) in [6.45, 7) is 6.80. The van der Waals surface area contributed by atoms with Crippen LogP contribution in [0.25, 0.3) is 10.8 Å². The first-order valence-corrected chi connectivity index (χ1v) is 13.8. The molecule has 0 radical (unpaired) electrons. The van der Waals surface area contributed by atoms with Gasteiger partial charge in [0.15, 0.2) is 0 Å². The van der Waals surface area contributed by atoms with E-state index in [2.05, 4.69) is 5.32 Å². The van der Waals surface area contributed by atoms with E-state index >= 15 is 0 Å². The van der Waals surface area contributed by atoms with E-state index < -0.39 is 16.1 Å². The number of nitrogens with zero attached hydrogens (tertiary/aromatic N) is 2. The molecule has 36 heavy (non-hydrogen) atoms. The van der Waals surface area contributed by atoms with Crippen LogP contribution in [-0.4, -0.2) is 44.3 Å². The van der Waals surface area contributed by atoms with Crippen LogP contribution in [0.1, 0.15) is 39.2 Å². The number of benzene rings is 3. The number of amides is 2. The summed E-state index contributed by atoms with van der Waals surface area (Å²) in [5.41, 5.74) is 1.58. The maximum absolute atomic E-state index is 13.4.